The predicted molar refractivity (Wildman–Crippen MR) is 83.7 cm³/mol. The maximum Gasteiger partial charge on any atom is 0.236 e. The van der Waals surface area contributed by atoms with Gasteiger partial charge in [-0.1, -0.05) is 39.0 Å². The topological polar surface area (TPSA) is 32.3 Å². The Morgan fingerprint density at radius 3 is 2.55 bits per heavy atom. The molecule has 2 atom stereocenters. The number of rotatable bonds is 5. The zero-order chi connectivity index (χ0) is 14.2. The number of nitrogens with zero attached hydrogens (tertiary/aromatic N) is 1. The predicted octanol–water partition coefficient (Wildman–Crippen LogP) is 3.20. The van der Waals surface area contributed by atoms with Crippen LogP contribution in [0.15, 0.2) is 0 Å². The lowest BCUT2D eigenvalue weighted by Gasteiger charge is -2.27. The van der Waals surface area contributed by atoms with Crippen LogP contribution in [0.25, 0.3) is 0 Å². The molecule has 1 aliphatic heterocycles. The van der Waals surface area contributed by atoms with E-state index in [2.05, 4.69) is 17.1 Å². The molecule has 1 saturated heterocycles. The summed E-state index contributed by atoms with van der Waals surface area (Å²) in [5.74, 6) is 2.11. The third-order valence-electron chi connectivity index (χ3n) is 5.01. The molecule has 0 spiro atoms. The lowest BCUT2D eigenvalue weighted by atomic mass is 9.81. The van der Waals surface area contributed by atoms with Gasteiger partial charge in [0.1, 0.15) is 0 Å². The summed E-state index contributed by atoms with van der Waals surface area (Å²) in [6.45, 7) is 5.88. The van der Waals surface area contributed by atoms with Crippen LogP contribution in [0.3, 0.4) is 0 Å². The van der Waals surface area contributed by atoms with Gasteiger partial charge in [0.25, 0.3) is 0 Å². The molecule has 2 aliphatic rings. The smallest absolute Gasteiger partial charge is 0.236 e. The number of hydrogen-bond acceptors (Lipinski definition) is 2. The highest BCUT2D eigenvalue weighted by Gasteiger charge is 2.19. The van der Waals surface area contributed by atoms with Gasteiger partial charge in [0.2, 0.25) is 5.91 Å². The van der Waals surface area contributed by atoms with Crippen molar-refractivity contribution in [1.29, 1.82) is 0 Å². The highest BCUT2D eigenvalue weighted by molar-refractivity contribution is 5.78. The summed E-state index contributed by atoms with van der Waals surface area (Å²) >= 11 is 0. The van der Waals surface area contributed by atoms with E-state index in [1.165, 1.54) is 57.8 Å². The van der Waals surface area contributed by atoms with E-state index < -0.39 is 0 Å². The van der Waals surface area contributed by atoms with Crippen molar-refractivity contribution in [1.82, 2.24) is 10.2 Å². The Morgan fingerprint density at radius 1 is 1.10 bits per heavy atom. The van der Waals surface area contributed by atoms with Gasteiger partial charge in [-0.15, -0.1) is 0 Å². The number of amides is 1. The molecule has 1 heterocycles. The van der Waals surface area contributed by atoms with Crippen LogP contribution >= 0.6 is 0 Å². The molecule has 1 saturated carbocycles. The fourth-order valence-electron chi connectivity index (χ4n) is 3.76. The van der Waals surface area contributed by atoms with Gasteiger partial charge in [-0.25, -0.2) is 0 Å². The van der Waals surface area contributed by atoms with Gasteiger partial charge in [-0.2, -0.15) is 0 Å². The lowest BCUT2D eigenvalue weighted by Crippen LogP contribution is -2.39. The van der Waals surface area contributed by atoms with Crippen LogP contribution < -0.4 is 5.32 Å². The molecule has 2 rings (SSSR count). The molecule has 1 amide bonds. The molecule has 2 unspecified atom stereocenters. The first-order valence-electron chi connectivity index (χ1n) is 8.74. The van der Waals surface area contributed by atoms with Gasteiger partial charge in [0, 0.05) is 13.1 Å². The summed E-state index contributed by atoms with van der Waals surface area (Å²) in [5, 5.41) is 3.37. The van der Waals surface area contributed by atoms with Crippen LogP contribution in [0.1, 0.15) is 64.7 Å². The summed E-state index contributed by atoms with van der Waals surface area (Å²) in [6.07, 6.45) is 11.8. The van der Waals surface area contributed by atoms with Crippen LogP contribution in [-0.4, -0.2) is 37.0 Å². The van der Waals surface area contributed by atoms with E-state index in [0.717, 1.165) is 31.5 Å². The van der Waals surface area contributed by atoms with E-state index in [4.69, 9.17) is 0 Å². The Balaban J connectivity index is 1.56. The fraction of sp³-hybridized carbons (Fsp3) is 0.941. The number of hydrogen-bond donors (Lipinski definition) is 1. The van der Waals surface area contributed by atoms with Gasteiger partial charge in [0.15, 0.2) is 0 Å². The second-order valence-electron chi connectivity index (χ2n) is 6.90. The first-order valence-corrected chi connectivity index (χ1v) is 8.74. The molecule has 3 heteroatoms. The molecular formula is C17H32N2O. The molecule has 116 valence electrons. The molecule has 0 radical (unpaired) electrons. The maximum absolute atomic E-state index is 12.1. The van der Waals surface area contributed by atoms with Crippen LogP contribution in [0.2, 0.25) is 0 Å². The van der Waals surface area contributed by atoms with Gasteiger partial charge < -0.3 is 10.2 Å². The second kappa shape index (κ2) is 8.66. The highest BCUT2D eigenvalue weighted by Crippen LogP contribution is 2.30. The Hall–Kier alpha value is -0.570. The molecule has 0 aromatic carbocycles. The summed E-state index contributed by atoms with van der Waals surface area (Å²) in [4.78, 5) is 14.2. The standard InChI is InChI=1S/C17H32N2O/c1-15-7-6-8-16(13-15)9-10-18-14-17(20)19-11-4-2-3-5-12-19/h15-16,18H,2-14H2,1H3. The molecule has 0 aromatic rings. The van der Waals surface area contributed by atoms with Crippen molar-refractivity contribution in [2.75, 3.05) is 26.2 Å². The average Bonchev–Trinajstić information content (AvgIpc) is 2.72. The Kier molecular flexibility index (Phi) is 6.85. The first-order chi connectivity index (χ1) is 9.75. The largest absolute Gasteiger partial charge is 0.342 e. The molecule has 0 bridgehead atoms. The van der Waals surface area contributed by atoms with Crippen molar-refractivity contribution in [3.63, 3.8) is 0 Å². The number of nitrogens with one attached hydrogen (secondary N) is 1. The molecule has 1 N–H and O–H groups in total. The molecule has 3 nitrogen and oxygen atoms in total. The summed E-state index contributed by atoms with van der Waals surface area (Å²) < 4.78 is 0. The van der Waals surface area contributed by atoms with Crippen molar-refractivity contribution in [3.8, 4) is 0 Å². The van der Waals surface area contributed by atoms with E-state index >= 15 is 0 Å². The Bertz CT molecular complexity index is 285. The highest BCUT2D eigenvalue weighted by atomic mass is 16.2. The zero-order valence-electron chi connectivity index (χ0n) is 13.2. The third-order valence-corrected chi connectivity index (χ3v) is 5.01. The first kappa shape index (κ1) is 15.8. The van der Waals surface area contributed by atoms with Gasteiger partial charge >= 0.3 is 0 Å². The van der Waals surface area contributed by atoms with Crippen molar-refractivity contribution in [2.24, 2.45) is 11.8 Å². The quantitative estimate of drug-likeness (QED) is 0.784. The fourth-order valence-corrected chi connectivity index (χ4v) is 3.76. The normalized spacial score (nSPS) is 28.1. The molecule has 0 aromatic heterocycles. The van der Waals surface area contributed by atoms with Crippen molar-refractivity contribution < 1.29 is 4.79 Å². The summed E-state index contributed by atoms with van der Waals surface area (Å²) in [6, 6.07) is 0. The van der Waals surface area contributed by atoms with Crippen LogP contribution in [-0.2, 0) is 4.79 Å². The summed E-state index contributed by atoms with van der Waals surface area (Å²) in [7, 11) is 0. The van der Waals surface area contributed by atoms with E-state index in [9.17, 15) is 4.79 Å². The van der Waals surface area contributed by atoms with Crippen molar-refractivity contribution >= 4 is 5.91 Å². The van der Waals surface area contributed by atoms with Crippen LogP contribution in [0.5, 0.6) is 0 Å². The SMILES string of the molecule is CC1CCCC(CCNCC(=O)N2CCCCCC2)C1. The second-order valence-corrected chi connectivity index (χ2v) is 6.90. The zero-order valence-corrected chi connectivity index (χ0v) is 13.2. The Morgan fingerprint density at radius 2 is 1.85 bits per heavy atom. The lowest BCUT2D eigenvalue weighted by molar-refractivity contribution is -0.130. The molecule has 1 aliphatic carbocycles. The van der Waals surface area contributed by atoms with Gasteiger partial charge in [0.05, 0.1) is 6.54 Å². The number of carbonyl (C=O) groups excluding carboxylic acids is 1. The van der Waals surface area contributed by atoms with Gasteiger partial charge in [-0.05, 0) is 44.1 Å². The minimum atomic E-state index is 0.309. The van der Waals surface area contributed by atoms with E-state index in [1.54, 1.807) is 0 Å². The van der Waals surface area contributed by atoms with E-state index in [0.29, 0.717) is 12.5 Å². The van der Waals surface area contributed by atoms with Crippen LogP contribution in [0, 0.1) is 11.8 Å². The Labute approximate surface area is 124 Å². The number of likely N-dealkylation sites (tertiary alicyclic amines) is 1. The minimum absolute atomic E-state index is 0.309. The molecule has 20 heavy (non-hydrogen) atoms. The number of carbonyl (C=O) groups is 1. The monoisotopic (exact) mass is 280 g/mol. The van der Waals surface area contributed by atoms with E-state index in [1.807, 2.05) is 0 Å². The van der Waals surface area contributed by atoms with Crippen molar-refractivity contribution in [3.05, 3.63) is 0 Å². The molecule has 2 fully saturated rings. The molecular weight excluding hydrogens is 248 g/mol. The average molecular weight is 280 g/mol. The van der Waals surface area contributed by atoms with E-state index in [-0.39, 0.29) is 0 Å². The third kappa shape index (κ3) is 5.43. The van der Waals surface area contributed by atoms with Crippen molar-refractivity contribution in [2.45, 2.75) is 64.7 Å². The maximum atomic E-state index is 12.1. The summed E-state index contributed by atoms with van der Waals surface area (Å²) in [5.41, 5.74) is 0. The van der Waals surface area contributed by atoms with Crippen LogP contribution in [0.4, 0.5) is 0 Å². The minimum Gasteiger partial charge on any atom is -0.342 e. The van der Waals surface area contributed by atoms with Gasteiger partial charge in [-0.3, -0.25) is 4.79 Å².